The summed E-state index contributed by atoms with van der Waals surface area (Å²) in [6, 6.07) is 4.51. The molecule has 0 atom stereocenters. The van der Waals surface area contributed by atoms with E-state index in [9.17, 15) is 18.0 Å². The van der Waals surface area contributed by atoms with Crippen LogP contribution in [0.1, 0.15) is 51.9 Å². The fraction of sp³-hybridized carbons (Fsp3) is 0.556. The number of amides is 1. The van der Waals surface area contributed by atoms with Crippen molar-refractivity contribution in [2.24, 2.45) is 11.8 Å². The summed E-state index contributed by atoms with van der Waals surface area (Å²) in [5, 5.41) is 3.08. The third-order valence-electron chi connectivity index (χ3n) is 5.93. The average molecular weight is 519 g/mol. The third-order valence-corrected chi connectivity index (χ3v) is 7.97. The summed E-state index contributed by atoms with van der Waals surface area (Å²) >= 11 is 0. The molecule has 2 rings (SSSR count). The van der Waals surface area contributed by atoms with Gasteiger partial charge in [-0.05, 0) is 30.0 Å². The summed E-state index contributed by atoms with van der Waals surface area (Å²) < 4.78 is 29.2. The highest BCUT2D eigenvalue weighted by Gasteiger charge is 2.24. The monoisotopic (exact) mass is 518 g/mol. The third kappa shape index (κ3) is 7.27. The number of fused-ring (bicyclic) bond motifs is 1. The van der Waals surface area contributed by atoms with Crippen LogP contribution in [0.4, 0.5) is 0 Å². The Hall–Kier alpha value is -2.49. The predicted molar refractivity (Wildman–Crippen MR) is 147 cm³/mol. The van der Waals surface area contributed by atoms with E-state index in [1.54, 1.807) is 30.6 Å². The molecule has 0 bridgehead atoms. The van der Waals surface area contributed by atoms with Crippen LogP contribution in [0.25, 0.3) is 10.9 Å². The molecule has 0 unspecified atom stereocenters. The van der Waals surface area contributed by atoms with Crippen molar-refractivity contribution < 1.29 is 13.2 Å². The van der Waals surface area contributed by atoms with Gasteiger partial charge in [-0.2, -0.15) is 4.31 Å². The van der Waals surface area contributed by atoms with Gasteiger partial charge >= 0.3 is 0 Å². The SMILES string of the molecule is C=CCn1cc(C(=O)NCCN(CC(C)C)CC(C)C)c(=O)c2cc(S(=O)(=O)N(CC)CC)ccc21. The van der Waals surface area contributed by atoms with Gasteiger partial charge in [0.25, 0.3) is 5.91 Å². The highest BCUT2D eigenvalue weighted by atomic mass is 32.2. The molecule has 1 N–H and O–H groups in total. The average Bonchev–Trinajstić information content (AvgIpc) is 2.80. The molecule has 9 heteroatoms. The molecule has 0 fully saturated rings. The van der Waals surface area contributed by atoms with E-state index in [0.717, 1.165) is 13.1 Å². The Labute approximate surface area is 216 Å². The molecule has 0 radical (unpaired) electrons. The van der Waals surface area contributed by atoms with Crippen molar-refractivity contribution in [1.29, 1.82) is 0 Å². The van der Waals surface area contributed by atoms with E-state index < -0.39 is 21.4 Å². The van der Waals surface area contributed by atoms with Crippen molar-refractivity contribution in [1.82, 2.24) is 19.1 Å². The van der Waals surface area contributed by atoms with Gasteiger partial charge in [0, 0.05) is 57.4 Å². The minimum absolute atomic E-state index is 0.0130. The molecule has 2 aromatic rings. The van der Waals surface area contributed by atoms with E-state index in [1.165, 1.54) is 22.6 Å². The van der Waals surface area contributed by atoms with Crippen LogP contribution in [0.2, 0.25) is 0 Å². The summed E-state index contributed by atoms with van der Waals surface area (Å²) in [6.07, 6.45) is 3.20. The first kappa shape index (κ1) is 29.7. The number of hydrogen-bond donors (Lipinski definition) is 1. The summed E-state index contributed by atoms with van der Waals surface area (Å²) in [5.41, 5.74) is 0.0524. The lowest BCUT2D eigenvalue weighted by molar-refractivity contribution is 0.0944. The summed E-state index contributed by atoms with van der Waals surface area (Å²) in [5.74, 6) is 0.548. The van der Waals surface area contributed by atoms with Crippen molar-refractivity contribution >= 4 is 26.8 Å². The van der Waals surface area contributed by atoms with Gasteiger partial charge in [0.05, 0.1) is 10.4 Å². The van der Waals surface area contributed by atoms with E-state index in [-0.39, 0.29) is 15.8 Å². The number of pyridine rings is 1. The summed E-state index contributed by atoms with van der Waals surface area (Å²) in [7, 11) is -3.75. The van der Waals surface area contributed by atoms with E-state index in [1.807, 2.05) is 0 Å². The zero-order chi connectivity index (χ0) is 27.0. The zero-order valence-corrected chi connectivity index (χ0v) is 23.4. The molecule has 8 nitrogen and oxygen atoms in total. The van der Waals surface area contributed by atoms with Crippen LogP contribution < -0.4 is 10.7 Å². The molecule has 0 aliphatic carbocycles. The van der Waals surface area contributed by atoms with Crippen molar-refractivity contribution in [3.63, 3.8) is 0 Å². The van der Waals surface area contributed by atoms with E-state index in [4.69, 9.17) is 0 Å². The number of rotatable bonds is 14. The number of carbonyl (C=O) groups excluding carboxylic acids is 1. The van der Waals surface area contributed by atoms with Crippen LogP contribution in [-0.2, 0) is 16.6 Å². The lowest BCUT2D eigenvalue weighted by Crippen LogP contribution is -2.39. The first-order valence-corrected chi connectivity index (χ1v) is 14.2. The molecule has 0 aliphatic heterocycles. The molecule has 1 aromatic heterocycles. The minimum atomic E-state index is -3.75. The minimum Gasteiger partial charge on any atom is -0.351 e. The molecule has 0 saturated carbocycles. The normalized spacial score (nSPS) is 12.3. The van der Waals surface area contributed by atoms with Crippen molar-refractivity contribution in [2.45, 2.75) is 53.0 Å². The number of sulfonamides is 1. The quantitative estimate of drug-likeness (QED) is 0.386. The van der Waals surface area contributed by atoms with Crippen molar-refractivity contribution in [3.8, 4) is 0 Å². The number of carbonyl (C=O) groups is 1. The van der Waals surface area contributed by atoms with Crippen LogP contribution in [-0.4, -0.2) is 67.4 Å². The first-order chi connectivity index (χ1) is 17.0. The second-order valence-electron chi connectivity index (χ2n) is 9.88. The van der Waals surface area contributed by atoms with Gasteiger partial charge in [-0.1, -0.05) is 47.6 Å². The standard InChI is InChI=1S/C27H42N4O4S/c1-8-14-30-19-24(27(33)28-13-15-29(17-20(4)5)18-21(6)7)26(32)23-16-22(11-12-25(23)30)36(34,35)31(9-2)10-3/h8,11-12,16,19-21H,1,9-10,13-15,17-18H2,2-7H3,(H,28,33). The Balaban J connectivity index is 2.42. The fourth-order valence-corrected chi connectivity index (χ4v) is 5.90. The van der Waals surface area contributed by atoms with Gasteiger partial charge < -0.3 is 14.8 Å². The number of nitrogens with one attached hydrogen (secondary N) is 1. The fourth-order valence-electron chi connectivity index (χ4n) is 4.41. The molecule has 36 heavy (non-hydrogen) atoms. The molecule has 200 valence electrons. The van der Waals surface area contributed by atoms with Gasteiger partial charge in [-0.25, -0.2) is 8.42 Å². The van der Waals surface area contributed by atoms with Crippen LogP contribution in [0.15, 0.2) is 46.7 Å². The first-order valence-electron chi connectivity index (χ1n) is 12.7. The van der Waals surface area contributed by atoms with Gasteiger partial charge in [0.2, 0.25) is 15.5 Å². The Kier molecular flexibility index (Phi) is 10.9. The maximum absolute atomic E-state index is 13.4. The summed E-state index contributed by atoms with van der Waals surface area (Å²) in [4.78, 5) is 28.8. The number of aromatic nitrogens is 1. The summed E-state index contributed by atoms with van der Waals surface area (Å²) in [6.45, 7) is 19.9. The zero-order valence-electron chi connectivity index (χ0n) is 22.6. The Bertz CT molecular complexity index is 1200. The largest absolute Gasteiger partial charge is 0.351 e. The Morgan fingerprint density at radius 1 is 1.11 bits per heavy atom. The highest BCUT2D eigenvalue weighted by Crippen LogP contribution is 2.21. The maximum atomic E-state index is 13.4. The topological polar surface area (TPSA) is 91.7 Å². The van der Waals surface area contributed by atoms with Gasteiger partial charge in [0.15, 0.2) is 0 Å². The van der Waals surface area contributed by atoms with Crippen molar-refractivity contribution in [3.05, 3.63) is 52.8 Å². The smallest absolute Gasteiger partial charge is 0.256 e. The maximum Gasteiger partial charge on any atom is 0.256 e. The number of nitrogens with zero attached hydrogens (tertiary/aromatic N) is 3. The van der Waals surface area contributed by atoms with E-state index in [2.05, 4.69) is 44.5 Å². The second-order valence-corrected chi connectivity index (χ2v) is 11.8. The lowest BCUT2D eigenvalue weighted by atomic mass is 10.1. The van der Waals surface area contributed by atoms with Gasteiger partial charge in [-0.15, -0.1) is 6.58 Å². The molecule has 1 heterocycles. The van der Waals surface area contributed by atoms with Gasteiger partial charge in [-0.3, -0.25) is 9.59 Å². The Morgan fingerprint density at radius 2 is 1.72 bits per heavy atom. The van der Waals surface area contributed by atoms with Crippen LogP contribution >= 0.6 is 0 Å². The molecule has 0 aliphatic rings. The van der Waals surface area contributed by atoms with Crippen LogP contribution in [0, 0.1) is 11.8 Å². The lowest BCUT2D eigenvalue weighted by Gasteiger charge is -2.26. The van der Waals surface area contributed by atoms with E-state index in [0.29, 0.717) is 50.1 Å². The van der Waals surface area contributed by atoms with Crippen LogP contribution in [0.3, 0.4) is 0 Å². The highest BCUT2D eigenvalue weighted by molar-refractivity contribution is 7.89. The number of hydrogen-bond acceptors (Lipinski definition) is 5. The number of allylic oxidation sites excluding steroid dienone is 1. The molecule has 1 aromatic carbocycles. The predicted octanol–water partition coefficient (Wildman–Crippen LogP) is 3.56. The molecule has 0 spiro atoms. The van der Waals surface area contributed by atoms with E-state index >= 15 is 0 Å². The number of benzene rings is 1. The van der Waals surface area contributed by atoms with Gasteiger partial charge in [0.1, 0.15) is 5.56 Å². The Morgan fingerprint density at radius 3 is 2.25 bits per heavy atom. The molecule has 0 saturated heterocycles. The second kappa shape index (κ2) is 13.2. The molecule has 1 amide bonds. The molecular formula is C27H42N4O4S. The van der Waals surface area contributed by atoms with Crippen LogP contribution in [0.5, 0.6) is 0 Å². The van der Waals surface area contributed by atoms with Crippen molar-refractivity contribution in [2.75, 3.05) is 39.3 Å². The molecular weight excluding hydrogens is 476 g/mol.